The molecule has 0 saturated carbocycles. The number of hydrogen-bond donors (Lipinski definition) is 1. The summed E-state index contributed by atoms with van der Waals surface area (Å²) < 4.78 is 5.23. The van der Waals surface area contributed by atoms with Crippen LogP contribution in [0.3, 0.4) is 0 Å². The summed E-state index contributed by atoms with van der Waals surface area (Å²) in [4.78, 5) is 10.6. The van der Waals surface area contributed by atoms with E-state index in [4.69, 9.17) is 4.74 Å². The molecule has 1 rings (SSSR count). The molecule has 3 nitrogen and oxygen atoms in total. The molecule has 0 aromatic heterocycles. The van der Waals surface area contributed by atoms with E-state index in [0.29, 0.717) is 12.5 Å². The lowest BCUT2D eigenvalue weighted by Crippen LogP contribution is -2.30. The quantitative estimate of drug-likeness (QED) is 0.673. The fourth-order valence-corrected chi connectivity index (χ4v) is 1.40. The standard InChI is InChI=1S/C9H17NO2/c1-8(11)6-10-7-9-2-4-12-5-3-9/h9-10H,2-7H2,1H3. The monoisotopic (exact) mass is 171 g/mol. The molecule has 0 aliphatic carbocycles. The lowest BCUT2D eigenvalue weighted by atomic mass is 10.0. The molecule has 1 N–H and O–H groups in total. The van der Waals surface area contributed by atoms with Crippen molar-refractivity contribution in [2.24, 2.45) is 5.92 Å². The van der Waals surface area contributed by atoms with Crippen molar-refractivity contribution in [3.8, 4) is 0 Å². The number of Topliss-reactive ketones (excluding diaryl/α,β-unsaturated/α-hetero) is 1. The fourth-order valence-electron chi connectivity index (χ4n) is 1.40. The SMILES string of the molecule is CC(=O)CNCC1CCOCC1. The van der Waals surface area contributed by atoms with Crippen LogP contribution in [0.1, 0.15) is 19.8 Å². The number of hydrogen-bond acceptors (Lipinski definition) is 3. The molecule has 0 unspecified atom stereocenters. The van der Waals surface area contributed by atoms with Gasteiger partial charge in [-0.3, -0.25) is 4.79 Å². The molecule has 12 heavy (non-hydrogen) atoms. The van der Waals surface area contributed by atoms with Crippen molar-refractivity contribution in [3.05, 3.63) is 0 Å². The number of nitrogens with one attached hydrogen (secondary N) is 1. The maximum Gasteiger partial charge on any atom is 0.143 e. The molecular weight excluding hydrogens is 154 g/mol. The normalized spacial score (nSPS) is 19.4. The van der Waals surface area contributed by atoms with Crippen LogP contribution in [0.25, 0.3) is 0 Å². The van der Waals surface area contributed by atoms with Crippen LogP contribution in [0.5, 0.6) is 0 Å². The van der Waals surface area contributed by atoms with Crippen molar-refractivity contribution in [2.75, 3.05) is 26.3 Å². The van der Waals surface area contributed by atoms with Crippen molar-refractivity contribution in [3.63, 3.8) is 0 Å². The molecule has 0 bridgehead atoms. The molecule has 1 heterocycles. The van der Waals surface area contributed by atoms with E-state index in [1.165, 1.54) is 0 Å². The molecule has 0 atom stereocenters. The van der Waals surface area contributed by atoms with Gasteiger partial charge in [0.1, 0.15) is 5.78 Å². The second-order valence-corrected chi connectivity index (χ2v) is 3.39. The lowest BCUT2D eigenvalue weighted by Gasteiger charge is -2.21. The molecule has 0 spiro atoms. The lowest BCUT2D eigenvalue weighted by molar-refractivity contribution is -0.116. The Morgan fingerprint density at radius 2 is 2.17 bits per heavy atom. The van der Waals surface area contributed by atoms with Gasteiger partial charge in [-0.1, -0.05) is 0 Å². The average Bonchev–Trinajstić information content (AvgIpc) is 2.05. The zero-order valence-electron chi connectivity index (χ0n) is 7.64. The van der Waals surface area contributed by atoms with E-state index < -0.39 is 0 Å². The van der Waals surface area contributed by atoms with Crippen LogP contribution in [-0.4, -0.2) is 32.1 Å². The third-order valence-corrected chi connectivity index (χ3v) is 2.15. The molecule has 0 radical (unpaired) electrons. The summed E-state index contributed by atoms with van der Waals surface area (Å²) in [5, 5.41) is 3.15. The van der Waals surface area contributed by atoms with E-state index in [9.17, 15) is 4.79 Å². The van der Waals surface area contributed by atoms with Crippen molar-refractivity contribution in [1.29, 1.82) is 0 Å². The first-order valence-electron chi connectivity index (χ1n) is 4.57. The second kappa shape index (κ2) is 5.27. The van der Waals surface area contributed by atoms with Gasteiger partial charge < -0.3 is 10.1 Å². The number of carbonyl (C=O) groups is 1. The van der Waals surface area contributed by atoms with Gasteiger partial charge in [-0.05, 0) is 32.2 Å². The average molecular weight is 171 g/mol. The molecule has 1 aliphatic rings. The molecular formula is C9H17NO2. The van der Waals surface area contributed by atoms with Crippen LogP contribution in [0.15, 0.2) is 0 Å². The first-order chi connectivity index (χ1) is 5.79. The molecule has 1 fully saturated rings. The third kappa shape index (κ3) is 3.83. The topological polar surface area (TPSA) is 38.3 Å². The zero-order valence-corrected chi connectivity index (χ0v) is 7.64. The Balaban J connectivity index is 2.01. The Hall–Kier alpha value is -0.410. The van der Waals surface area contributed by atoms with Crippen molar-refractivity contribution in [2.45, 2.75) is 19.8 Å². The highest BCUT2D eigenvalue weighted by molar-refractivity contribution is 5.77. The Morgan fingerprint density at radius 3 is 2.75 bits per heavy atom. The van der Waals surface area contributed by atoms with E-state index in [-0.39, 0.29) is 5.78 Å². The molecule has 0 aromatic rings. The second-order valence-electron chi connectivity index (χ2n) is 3.39. The summed E-state index contributed by atoms with van der Waals surface area (Å²) in [5.41, 5.74) is 0. The summed E-state index contributed by atoms with van der Waals surface area (Å²) in [6, 6.07) is 0. The minimum Gasteiger partial charge on any atom is -0.381 e. The highest BCUT2D eigenvalue weighted by atomic mass is 16.5. The van der Waals surface area contributed by atoms with Crippen LogP contribution in [0.2, 0.25) is 0 Å². The van der Waals surface area contributed by atoms with Crippen molar-refractivity contribution < 1.29 is 9.53 Å². The van der Waals surface area contributed by atoms with Gasteiger partial charge in [0.05, 0.1) is 6.54 Å². The first kappa shape index (κ1) is 9.68. The predicted octanol–water partition coefficient (Wildman–Crippen LogP) is 0.592. The van der Waals surface area contributed by atoms with Gasteiger partial charge in [0, 0.05) is 13.2 Å². The molecule has 0 amide bonds. The van der Waals surface area contributed by atoms with E-state index in [0.717, 1.165) is 32.6 Å². The van der Waals surface area contributed by atoms with E-state index in [2.05, 4.69) is 5.32 Å². The van der Waals surface area contributed by atoms with E-state index >= 15 is 0 Å². The summed E-state index contributed by atoms with van der Waals surface area (Å²) >= 11 is 0. The molecule has 1 saturated heterocycles. The van der Waals surface area contributed by atoms with Crippen molar-refractivity contribution in [1.82, 2.24) is 5.32 Å². The first-order valence-corrected chi connectivity index (χ1v) is 4.57. The minimum absolute atomic E-state index is 0.210. The number of carbonyl (C=O) groups excluding carboxylic acids is 1. The van der Waals surface area contributed by atoms with Gasteiger partial charge in [-0.2, -0.15) is 0 Å². The minimum atomic E-state index is 0.210. The van der Waals surface area contributed by atoms with Crippen LogP contribution in [-0.2, 0) is 9.53 Å². The smallest absolute Gasteiger partial charge is 0.143 e. The zero-order chi connectivity index (χ0) is 8.81. The van der Waals surface area contributed by atoms with Gasteiger partial charge >= 0.3 is 0 Å². The maximum absolute atomic E-state index is 10.6. The Kier molecular flexibility index (Phi) is 4.25. The maximum atomic E-state index is 10.6. The molecule has 70 valence electrons. The Labute approximate surface area is 73.5 Å². The van der Waals surface area contributed by atoms with E-state index in [1.807, 2.05) is 0 Å². The third-order valence-electron chi connectivity index (χ3n) is 2.15. The Bertz CT molecular complexity index is 141. The summed E-state index contributed by atoms with van der Waals surface area (Å²) in [5.74, 6) is 0.917. The van der Waals surface area contributed by atoms with Gasteiger partial charge in [0.15, 0.2) is 0 Å². The van der Waals surface area contributed by atoms with Crippen molar-refractivity contribution >= 4 is 5.78 Å². The number of ketones is 1. The van der Waals surface area contributed by atoms with Gasteiger partial charge in [0.2, 0.25) is 0 Å². The molecule has 3 heteroatoms. The molecule has 1 aliphatic heterocycles. The summed E-state index contributed by atoms with van der Waals surface area (Å²) in [6.07, 6.45) is 2.26. The van der Waals surface area contributed by atoms with Crippen LogP contribution >= 0.6 is 0 Å². The summed E-state index contributed by atoms with van der Waals surface area (Å²) in [6.45, 7) is 4.84. The fraction of sp³-hybridized carbons (Fsp3) is 0.889. The van der Waals surface area contributed by atoms with Gasteiger partial charge in [-0.25, -0.2) is 0 Å². The summed E-state index contributed by atoms with van der Waals surface area (Å²) in [7, 11) is 0. The van der Waals surface area contributed by atoms with Crippen LogP contribution in [0, 0.1) is 5.92 Å². The largest absolute Gasteiger partial charge is 0.381 e. The van der Waals surface area contributed by atoms with Gasteiger partial charge in [0.25, 0.3) is 0 Å². The van der Waals surface area contributed by atoms with E-state index in [1.54, 1.807) is 6.92 Å². The highest BCUT2D eigenvalue weighted by Gasteiger charge is 2.12. The van der Waals surface area contributed by atoms with Crippen LogP contribution in [0.4, 0.5) is 0 Å². The predicted molar refractivity (Wildman–Crippen MR) is 47.1 cm³/mol. The molecule has 0 aromatic carbocycles. The Morgan fingerprint density at radius 1 is 1.50 bits per heavy atom. The van der Waals surface area contributed by atoms with Crippen LogP contribution < -0.4 is 5.32 Å². The van der Waals surface area contributed by atoms with Gasteiger partial charge in [-0.15, -0.1) is 0 Å². The highest BCUT2D eigenvalue weighted by Crippen LogP contribution is 2.12. The number of rotatable bonds is 4. The number of ether oxygens (including phenoxy) is 1.